The number of fused-ring (bicyclic) bond motifs is 2. The summed E-state index contributed by atoms with van der Waals surface area (Å²) in [6.07, 6.45) is 0. The Labute approximate surface area is 254 Å². The maximum atomic E-state index is 13.0. The van der Waals surface area contributed by atoms with Crippen molar-refractivity contribution in [3.05, 3.63) is 34.5 Å². The number of thioether (sulfide) groups is 2. The molecule has 3 aromatic rings. The molecule has 2 aliphatic rings. The first-order valence-electron chi connectivity index (χ1n) is 10.7. The van der Waals surface area contributed by atoms with Gasteiger partial charge in [-0.3, -0.25) is 14.5 Å². The van der Waals surface area contributed by atoms with E-state index in [2.05, 4.69) is 25.4 Å². The Kier molecular flexibility index (Phi) is 8.67. The Balaban J connectivity index is 0.00000353. The van der Waals surface area contributed by atoms with Crippen molar-refractivity contribution in [1.29, 1.82) is 0 Å². The fourth-order valence-electron chi connectivity index (χ4n) is 3.92. The van der Waals surface area contributed by atoms with Crippen LogP contribution in [0.25, 0.3) is 11.0 Å². The van der Waals surface area contributed by atoms with Crippen molar-refractivity contribution >= 4 is 74.5 Å². The van der Waals surface area contributed by atoms with E-state index in [1.165, 1.54) is 48.1 Å². The number of carbonyl (C=O) groups excluding carboxylic acids is 3. The second kappa shape index (κ2) is 11.6. The van der Waals surface area contributed by atoms with Gasteiger partial charge in [-0.2, -0.15) is 0 Å². The summed E-state index contributed by atoms with van der Waals surface area (Å²) in [6, 6.07) is 1.63. The van der Waals surface area contributed by atoms with Crippen LogP contribution >= 0.6 is 34.9 Å². The number of hydrogen-bond donors (Lipinski definition) is 5. The molecule has 1 saturated heterocycles. The summed E-state index contributed by atoms with van der Waals surface area (Å²) >= 11 is 3.58. The number of anilines is 1. The first-order chi connectivity index (χ1) is 18.2. The molecule has 6 N–H and O–H groups in total. The predicted molar refractivity (Wildman–Crippen MR) is 137 cm³/mol. The number of aliphatic carboxylic acids is 1. The summed E-state index contributed by atoms with van der Waals surface area (Å²) in [5.74, 6) is -3.02. The van der Waals surface area contributed by atoms with Crippen LogP contribution in [0, 0.1) is 0 Å². The van der Waals surface area contributed by atoms with Crippen LogP contribution in [0.4, 0.5) is 5.13 Å². The summed E-state index contributed by atoms with van der Waals surface area (Å²) in [4.78, 5) is 55.0. The molecular weight excluding hydrogens is 581 g/mol. The Bertz CT molecular complexity index is 1500. The molecule has 39 heavy (non-hydrogen) atoms. The number of aromatic amines is 1. The summed E-state index contributed by atoms with van der Waals surface area (Å²) in [7, 11) is 1.26. The van der Waals surface area contributed by atoms with Crippen LogP contribution in [0.3, 0.4) is 0 Å². The Morgan fingerprint density at radius 3 is 2.77 bits per heavy atom. The van der Waals surface area contributed by atoms with Crippen LogP contribution in [-0.4, -0.2) is 83.6 Å². The van der Waals surface area contributed by atoms with E-state index < -0.39 is 29.2 Å². The average molecular weight is 600 g/mol. The SMILES string of the molecule is CON=C(C(=O)N[C@@H]1C(=O)N2C(C(=O)[O-])=C(CSc3nc4cc(O)c(O)cc4[nH]3)CS[C@H]12)c1csc(N)n1.[Na+]. The number of benzene rings is 1. The number of imidazole rings is 1. The second-order valence-corrected chi connectivity index (χ2v) is 10.9. The minimum atomic E-state index is -1.51. The number of carbonyl (C=O) groups is 3. The second-order valence-electron chi connectivity index (χ2n) is 7.98. The molecule has 0 saturated carbocycles. The van der Waals surface area contributed by atoms with E-state index in [9.17, 15) is 29.7 Å². The number of rotatable bonds is 8. The number of nitrogens with zero attached hydrogens (tertiary/aromatic N) is 4. The fraction of sp³-hybridized carbons (Fsp3) is 0.238. The molecule has 0 bridgehead atoms. The third-order valence-corrected chi connectivity index (χ3v) is 8.60. The number of carboxylic acid groups (broad SMARTS) is 1. The number of phenolic OH excluding ortho intramolecular Hbond substituents is 2. The maximum Gasteiger partial charge on any atom is 1.00 e. The number of nitrogens with two attached hydrogens (primary N) is 1. The molecule has 5 rings (SSSR count). The molecule has 2 amide bonds. The van der Waals surface area contributed by atoms with Gasteiger partial charge in [0.25, 0.3) is 11.8 Å². The van der Waals surface area contributed by atoms with Gasteiger partial charge in [0.15, 0.2) is 27.5 Å². The largest absolute Gasteiger partial charge is 1.00 e. The van der Waals surface area contributed by atoms with Gasteiger partial charge in [0.1, 0.15) is 24.2 Å². The smallest absolute Gasteiger partial charge is 0.543 e. The monoisotopic (exact) mass is 599 g/mol. The van der Waals surface area contributed by atoms with Gasteiger partial charge >= 0.3 is 29.6 Å². The van der Waals surface area contributed by atoms with E-state index in [1.807, 2.05) is 0 Å². The molecule has 14 nitrogen and oxygen atoms in total. The number of amides is 2. The third kappa shape index (κ3) is 5.55. The summed E-state index contributed by atoms with van der Waals surface area (Å²) < 4.78 is 0. The first-order valence-corrected chi connectivity index (χ1v) is 13.6. The predicted octanol–water partition coefficient (Wildman–Crippen LogP) is -3.44. The zero-order chi connectivity index (χ0) is 27.1. The average Bonchev–Trinajstić information content (AvgIpc) is 3.49. The number of thiazole rings is 1. The van der Waals surface area contributed by atoms with Crippen LogP contribution in [-0.2, 0) is 19.2 Å². The zero-order valence-corrected chi connectivity index (χ0v) is 24.8. The number of hydrogen-bond acceptors (Lipinski definition) is 14. The van der Waals surface area contributed by atoms with E-state index >= 15 is 0 Å². The molecule has 0 aliphatic carbocycles. The third-order valence-electron chi connectivity index (χ3n) is 5.63. The van der Waals surface area contributed by atoms with Gasteiger partial charge in [0.05, 0.1) is 22.7 Å². The van der Waals surface area contributed by atoms with E-state index in [4.69, 9.17) is 10.6 Å². The van der Waals surface area contributed by atoms with Crippen molar-refractivity contribution in [2.45, 2.75) is 16.6 Å². The number of carboxylic acids is 1. The summed E-state index contributed by atoms with van der Waals surface area (Å²) in [5, 5.41) is 39.1. The minimum Gasteiger partial charge on any atom is -0.543 e. The van der Waals surface area contributed by atoms with Crippen LogP contribution in [0.2, 0.25) is 0 Å². The molecule has 0 radical (unpaired) electrons. The van der Waals surface area contributed by atoms with Crippen molar-refractivity contribution in [3.63, 3.8) is 0 Å². The van der Waals surface area contributed by atoms with Gasteiger partial charge in [-0.1, -0.05) is 16.9 Å². The van der Waals surface area contributed by atoms with Crippen LogP contribution in [0.1, 0.15) is 5.69 Å². The number of oxime groups is 1. The summed E-state index contributed by atoms with van der Waals surface area (Å²) in [5.41, 5.74) is 6.74. The van der Waals surface area contributed by atoms with Crippen molar-refractivity contribution < 1.29 is 64.1 Å². The molecule has 2 aromatic heterocycles. The van der Waals surface area contributed by atoms with Gasteiger partial charge in [0, 0.05) is 29.0 Å². The number of β-lactam (4-membered cyclic amide) rings is 1. The molecule has 2 atom stereocenters. The van der Waals surface area contributed by atoms with Gasteiger partial charge in [-0.25, -0.2) is 9.97 Å². The molecule has 198 valence electrons. The molecule has 4 heterocycles. The van der Waals surface area contributed by atoms with E-state index in [-0.39, 0.29) is 74.8 Å². The van der Waals surface area contributed by atoms with Gasteiger partial charge in [-0.05, 0) is 5.57 Å². The number of phenols is 2. The molecular formula is C21H18N7NaO7S3. The van der Waals surface area contributed by atoms with Gasteiger partial charge in [-0.15, -0.1) is 23.1 Å². The Morgan fingerprint density at radius 1 is 1.36 bits per heavy atom. The fourth-order valence-corrected chi connectivity index (χ4v) is 6.84. The molecule has 1 fully saturated rings. The number of nitrogen functional groups attached to an aromatic ring is 1. The molecule has 1 aromatic carbocycles. The molecule has 2 aliphatic heterocycles. The van der Waals surface area contributed by atoms with Gasteiger partial charge < -0.3 is 41.0 Å². The van der Waals surface area contributed by atoms with Gasteiger partial charge in [0.2, 0.25) is 0 Å². The van der Waals surface area contributed by atoms with E-state index in [0.29, 0.717) is 21.8 Å². The molecule has 0 unspecified atom stereocenters. The van der Waals surface area contributed by atoms with Crippen LogP contribution in [0.5, 0.6) is 11.5 Å². The normalized spacial score (nSPS) is 18.8. The van der Waals surface area contributed by atoms with Crippen LogP contribution in [0.15, 0.2) is 39.1 Å². The minimum absolute atomic E-state index is 0. The summed E-state index contributed by atoms with van der Waals surface area (Å²) in [6.45, 7) is 0. The topological polar surface area (TPSA) is 219 Å². The van der Waals surface area contributed by atoms with Crippen molar-refractivity contribution in [3.8, 4) is 11.5 Å². The van der Waals surface area contributed by atoms with Crippen LogP contribution < -0.4 is 45.7 Å². The number of aromatic nitrogens is 3. The standard InChI is InChI=1S/C21H19N7O7S3.Na/c1-35-27-13(10-6-37-20(22)23-10)16(31)26-14-17(32)28-15(19(33)34)7(4-36-18(14)28)5-38-21-24-8-2-11(29)12(30)3-9(8)25-21;/h2-3,6,14,18,29-30H,4-5H2,1H3,(H2,22,23)(H,24,25)(H,26,31)(H,33,34);/q;+1/p-1/t14-,18-;/m1./s1. The van der Waals surface area contributed by atoms with E-state index in [1.54, 1.807) is 0 Å². The zero-order valence-electron chi connectivity index (χ0n) is 20.3. The number of H-pyrrole nitrogens is 1. The Hall–Kier alpha value is -2.96. The van der Waals surface area contributed by atoms with Crippen molar-refractivity contribution in [1.82, 2.24) is 25.2 Å². The van der Waals surface area contributed by atoms with Crippen molar-refractivity contribution in [2.75, 3.05) is 24.3 Å². The number of nitrogens with one attached hydrogen (secondary N) is 2. The van der Waals surface area contributed by atoms with Crippen molar-refractivity contribution in [2.24, 2.45) is 5.16 Å². The van der Waals surface area contributed by atoms with E-state index in [0.717, 1.165) is 16.2 Å². The molecule has 0 spiro atoms. The Morgan fingerprint density at radius 2 is 2.10 bits per heavy atom. The maximum absolute atomic E-state index is 13.0. The molecule has 18 heteroatoms. The quantitative estimate of drug-likeness (QED) is 0.0427. The first kappa shape index (κ1) is 29.0. The number of aromatic hydroxyl groups is 2.